The molecule has 2 unspecified atom stereocenters. The normalized spacial score (nSPS) is 17.7. The van der Waals surface area contributed by atoms with Gasteiger partial charge in [-0.05, 0) is 61.5 Å². The fraction of sp³-hybridized carbons (Fsp3) is 0.297. The molecule has 4 aromatic carbocycles. The summed E-state index contributed by atoms with van der Waals surface area (Å²) in [6.07, 6.45) is -1.78. The number of carbonyl (C=O) groups is 2. The number of aliphatic hydroxyl groups is 2. The number of carbonyl (C=O) groups excluding carboxylic acids is 2. The number of para-hydroxylation sites is 2. The second-order valence-electron chi connectivity index (χ2n) is 11.9. The summed E-state index contributed by atoms with van der Waals surface area (Å²) >= 11 is 0. The Morgan fingerprint density at radius 2 is 1.63 bits per heavy atom. The zero-order valence-electron chi connectivity index (χ0n) is 26.4. The molecule has 0 spiro atoms. The molecule has 4 atom stereocenters. The molecule has 5 rings (SSSR count). The van der Waals surface area contributed by atoms with Crippen LogP contribution in [-0.2, 0) is 11.3 Å². The molecule has 240 valence electrons. The Balaban J connectivity index is 1.36. The van der Waals surface area contributed by atoms with Gasteiger partial charge < -0.3 is 29.9 Å². The summed E-state index contributed by atoms with van der Waals surface area (Å²) < 4.78 is 12.6. The largest absolute Gasteiger partial charge is 0.486 e. The van der Waals surface area contributed by atoms with Gasteiger partial charge in [0.25, 0.3) is 11.8 Å². The van der Waals surface area contributed by atoms with Gasteiger partial charge >= 0.3 is 0 Å². The van der Waals surface area contributed by atoms with Crippen molar-refractivity contribution in [3.05, 3.63) is 120 Å². The second-order valence-corrected chi connectivity index (χ2v) is 11.9. The van der Waals surface area contributed by atoms with Crippen molar-refractivity contribution < 1.29 is 29.3 Å². The van der Waals surface area contributed by atoms with E-state index in [4.69, 9.17) is 9.47 Å². The van der Waals surface area contributed by atoms with Crippen LogP contribution in [0.25, 0.3) is 0 Å². The van der Waals surface area contributed by atoms with Crippen LogP contribution in [0.1, 0.15) is 41.4 Å². The van der Waals surface area contributed by atoms with Gasteiger partial charge in [0, 0.05) is 25.6 Å². The number of rotatable bonds is 11. The Labute approximate surface area is 270 Å². The third kappa shape index (κ3) is 7.92. The molecule has 0 bridgehead atoms. The number of likely N-dealkylation sites (N-methyl/N-ethyl adjacent to an activating group) is 1. The molecule has 4 aromatic rings. The summed E-state index contributed by atoms with van der Waals surface area (Å²) in [6.45, 7) is 5.18. The lowest BCUT2D eigenvalue weighted by Crippen LogP contribution is -2.49. The number of nitrogens with zero attached hydrogens (tertiary/aromatic N) is 2. The molecular formula is C37H41N3O6. The molecule has 1 aliphatic rings. The van der Waals surface area contributed by atoms with Crippen molar-refractivity contribution in [1.82, 2.24) is 9.80 Å². The highest BCUT2D eigenvalue weighted by atomic mass is 16.5. The maximum atomic E-state index is 13.8. The minimum absolute atomic E-state index is 0.117. The third-order valence-electron chi connectivity index (χ3n) is 8.16. The van der Waals surface area contributed by atoms with Gasteiger partial charge in [0.2, 0.25) is 0 Å². The van der Waals surface area contributed by atoms with Gasteiger partial charge in [-0.3, -0.25) is 14.5 Å². The van der Waals surface area contributed by atoms with Crippen LogP contribution < -0.4 is 14.8 Å². The lowest BCUT2D eigenvalue weighted by atomic mass is 9.98. The topological polar surface area (TPSA) is 112 Å². The van der Waals surface area contributed by atoms with Crippen molar-refractivity contribution in [1.29, 1.82) is 0 Å². The molecule has 0 aromatic heterocycles. The molecule has 46 heavy (non-hydrogen) atoms. The van der Waals surface area contributed by atoms with Crippen LogP contribution in [-0.4, -0.2) is 70.7 Å². The van der Waals surface area contributed by atoms with Gasteiger partial charge in [0.15, 0.2) is 11.9 Å². The van der Waals surface area contributed by atoms with E-state index in [-0.39, 0.29) is 41.5 Å². The number of hydrogen-bond donors (Lipinski definition) is 3. The molecular weight excluding hydrogens is 582 g/mol. The molecule has 2 amide bonds. The lowest BCUT2D eigenvalue weighted by molar-refractivity contribution is -0.124. The Kier molecular flexibility index (Phi) is 10.7. The highest BCUT2D eigenvalue weighted by Crippen LogP contribution is 2.35. The average Bonchev–Trinajstić information content (AvgIpc) is 3.07. The van der Waals surface area contributed by atoms with Crippen molar-refractivity contribution in [2.75, 3.05) is 32.1 Å². The van der Waals surface area contributed by atoms with E-state index < -0.39 is 18.1 Å². The molecule has 0 aliphatic carbocycles. The fourth-order valence-corrected chi connectivity index (χ4v) is 5.52. The molecule has 9 nitrogen and oxygen atoms in total. The van der Waals surface area contributed by atoms with E-state index in [2.05, 4.69) is 10.2 Å². The molecule has 1 heterocycles. The van der Waals surface area contributed by atoms with Crippen LogP contribution in [0, 0.1) is 5.92 Å². The molecule has 9 heteroatoms. The minimum Gasteiger partial charge on any atom is -0.486 e. The van der Waals surface area contributed by atoms with Crippen molar-refractivity contribution in [2.24, 2.45) is 5.92 Å². The van der Waals surface area contributed by atoms with Crippen LogP contribution in [0.15, 0.2) is 103 Å². The second kappa shape index (κ2) is 15.1. The highest BCUT2D eigenvalue weighted by molar-refractivity contribution is 6.02. The SMILES string of the molecule is CC(CO)N1C[C@@H](C)[C@@H](CN(C)Cc2ccc(Oc3ccccc3)cc2)Oc2c(NC(=O)C(O)c3ccccc3)cccc2C1=O. The molecule has 0 radical (unpaired) electrons. The minimum atomic E-state index is -1.41. The van der Waals surface area contributed by atoms with Crippen molar-refractivity contribution in [3.63, 3.8) is 0 Å². The van der Waals surface area contributed by atoms with Crippen LogP contribution in [0.3, 0.4) is 0 Å². The number of ether oxygens (including phenoxy) is 2. The zero-order chi connectivity index (χ0) is 32.6. The van der Waals surface area contributed by atoms with Crippen molar-refractivity contribution >= 4 is 17.5 Å². The third-order valence-corrected chi connectivity index (χ3v) is 8.16. The van der Waals surface area contributed by atoms with Gasteiger partial charge in [0.1, 0.15) is 17.6 Å². The van der Waals surface area contributed by atoms with E-state index in [9.17, 15) is 19.8 Å². The maximum Gasteiger partial charge on any atom is 0.258 e. The number of benzene rings is 4. The Hall–Kier alpha value is -4.70. The van der Waals surface area contributed by atoms with E-state index >= 15 is 0 Å². The van der Waals surface area contributed by atoms with E-state index in [1.807, 2.05) is 68.6 Å². The Bertz CT molecular complexity index is 1600. The average molecular weight is 624 g/mol. The number of amides is 2. The standard InChI is InChI=1S/C37H41N3O6/c1-25-21-40(26(2)24-41)37(44)31-15-10-16-32(38-36(43)34(42)28-11-6-4-7-12-28)35(31)46-33(25)23-39(3)22-27-17-19-30(20-18-27)45-29-13-8-5-9-14-29/h4-20,25-26,33-34,41-42H,21-24H2,1-3H3,(H,38,43)/t25-,26?,33-,34?/m1/s1. The monoisotopic (exact) mass is 623 g/mol. The van der Waals surface area contributed by atoms with Gasteiger partial charge in [-0.15, -0.1) is 0 Å². The summed E-state index contributed by atoms with van der Waals surface area (Å²) in [5, 5.41) is 23.5. The molecule has 0 saturated carbocycles. The van der Waals surface area contributed by atoms with Gasteiger partial charge in [0.05, 0.1) is 23.9 Å². The van der Waals surface area contributed by atoms with E-state index in [1.165, 1.54) is 0 Å². The summed E-state index contributed by atoms with van der Waals surface area (Å²) in [5.41, 5.74) is 2.11. The summed E-state index contributed by atoms with van der Waals surface area (Å²) in [7, 11) is 2.01. The van der Waals surface area contributed by atoms with Gasteiger partial charge in [-0.1, -0.05) is 73.7 Å². The Morgan fingerprint density at radius 3 is 2.30 bits per heavy atom. The first-order valence-electron chi connectivity index (χ1n) is 15.5. The molecule has 0 saturated heterocycles. The predicted molar refractivity (Wildman–Crippen MR) is 177 cm³/mol. The van der Waals surface area contributed by atoms with E-state index in [0.29, 0.717) is 25.2 Å². The maximum absolute atomic E-state index is 13.8. The number of anilines is 1. The number of nitrogens with one attached hydrogen (secondary N) is 1. The molecule has 1 aliphatic heterocycles. The highest BCUT2D eigenvalue weighted by Gasteiger charge is 2.35. The van der Waals surface area contributed by atoms with E-state index in [0.717, 1.165) is 17.1 Å². The first-order chi connectivity index (χ1) is 22.2. The van der Waals surface area contributed by atoms with Crippen molar-refractivity contribution in [2.45, 2.75) is 38.6 Å². The predicted octanol–water partition coefficient (Wildman–Crippen LogP) is 5.50. The summed E-state index contributed by atoms with van der Waals surface area (Å²) in [4.78, 5) is 30.7. The fourth-order valence-electron chi connectivity index (χ4n) is 5.52. The molecule has 3 N–H and O–H groups in total. The van der Waals surface area contributed by atoms with Gasteiger partial charge in [-0.25, -0.2) is 0 Å². The quantitative estimate of drug-likeness (QED) is 0.202. The van der Waals surface area contributed by atoms with Crippen molar-refractivity contribution in [3.8, 4) is 17.2 Å². The van der Waals surface area contributed by atoms with Crippen LogP contribution in [0.5, 0.6) is 17.2 Å². The molecule has 0 fully saturated rings. The lowest BCUT2D eigenvalue weighted by Gasteiger charge is -2.38. The zero-order valence-corrected chi connectivity index (χ0v) is 26.4. The smallest absolute Gasteiger partial charge is 0.258 e. The number of fused-ring (bicyclic) bond motifs is 1. The first kappa shape index (κ1) is 32.7. The number of hydrogen-bond acceptors (Lipinski definition) is 7. The van der Waals surface area contributed by atoms with Crippen LogP contribution >= 0.6 is 0 Å². The van der Waals surface area contributed by atoms with Crippen LogP contribution in [0.4, 0.5) is 5.69 Å². The first-order valence-corrected chi connectivity index (χ1v) is 15.5. The Morgan fingerprint density at radius 1 is 0.978 bits per heavy atom. The summed E-state index contributed by atoms with van der Waals surface area (Å²) in [5.74, 6) is 0.710. The number of aliphatic hydroxyl groups excluding tert-OH is 2. The van der Waals surface area contributed by atoms with Crippen LogP contribution in [0.2, 0.25) is 0 Å². The summed E-state index contributed by atoms with van der Waals surface area (Å²) in [6, 6.07) is 30.8. The van der Waals surface area contributed by atoms with E-state index in [1.54, 1.807) is 60.4 Å². The van der Waals surface area contributed by atoms with Gasteiger partial charge in [-0.2, -0.15) is 0 Å².